The Morgan fingerprint density at radius 2 is 1.83 bits per heavy atom. The quantitative estimate of drug-likeness (QED) is 0.784. The summed E-state index contributed by atoms with van der Waals surface area (Å²) in [5.74, 6) is 0.131. The summed E-state index contributed by atoms with van der Waals surface area (Å²) in [7, 11) is 0. The first-order chi connectivity index (χ1) is 11.3. The molecule has 3 aromatic heterocycles. The van der Waals surface area contributed by atoms with Gasteiger partial charge >= 0.3 is 0 Å². The van der Waals surface area contributed by atoms with Crippen LogP contribution in [-0.2, 0) is 6.61 Å². The van der Waals surface area contributed by atoms with Gasteiger partial charge in [-0.15, -0.1) is 0 Å². The Morgan fingerprint density at radius 3 is 2.48 bits per heavy atom. The number of nitrogens with two attached hydrogens (primary N) is 1. The van der Waals surface area contributed by atoms with Gasteiger partial charge < -0.3 is 10.5 Å². The molecule has 3 heterocycles. The van der Waals surface area contributed by atoms with Crippen LogP contribution in [0.25, 0.3) is 11.4 Å². The van der Waals surface area contributed by atoms with Crippen molar-refractivity contribution < 1.29 is 4.74 Å². The Bertz CT molecular complexity index is 846. The summed E-state index contributed by atoms with van der Waals surface area (Å²) >= 11 is 0. The van der Waals surface area contributed by atoms with Crippen LogP contribution in [0.1, 0.15) is 11.3 Å². The first-order valence-corrected chi connectivity index (χ1v) is 6.79. The fourth-order valence-electron chi connectivity index (χ4n) is 1.98. The molecule has 0 aromatic carbocycles. The van der Waals surface area contributed by atoms with Crippen molar-refractivity contribution in [3.8, 4) is 23.3 Å². The van der Waals surface area contributed by atoms with Gasteiger partial charge in [-0.3, -0.25) is 9.97 Å². The van der Waals surface area contributed by atoms with E-state index in [-0.39, 0.29) is 24.0 Å². The molecular weight excluding hydrogens is 292 g/mol. The number of hydrogen-bond acceptors (Lipinski definition) is 7. The number of nitrogen functional groups attached to an aromatic ring is 1. The molecule has 7 heteroatoms. The minimum absolute atomic E-state index is 0.0145. The third-order valence-electron chi connectivity index (χ3n) is 3.00. The van der Waals surface area contributed by atoms with Gasteiger partial charge in [0.05, 0.1) is 11.4 Å². The van der Waals surface area contributed by atoms with Crippen molar-refractivity contribution in [2.45, 2.75) is 6.61 Å². The Hall–Kier alpha value is -3.53. The number of ether oxygens (including phenoxy) is 1. The Balaban J connectivity index is 1.97. The van der Waals surface area contributed by atoms with E-state index in [1.807, 2.05) is 18.2 Å². The van der Waals surface area contributed by atoms with Crippen LogP contribution in [0.4, 0.5) is 5.95 Å². The maximum absolute atomic E-state index is 9.45. The van der Waals surface area contributed by atoms with Crippen LogP contribution in [0.3, 0.4) is 0 Å². The number of pyridine rings is 2. The van der Waals surface area contributed by atoms with Crippen molar-refractivity contribution in [2.75, 3.05) is 5.73 Å². The molecule has 0 saturated heterocycles. The summed E-state index contributed by atoms with van der Waals surface area (Å²) in [5.41, 5.74) is 7.51. The van der Waals surface area contributed by atoms with Crippen LogP contribution in [0.5, 0.6) is 5.88 Å². The highest BCUT2D eigenvalue weighted by Crippen LogP contribution is 2.27. The van der Waals surface area contributed by atoms with E-state index < -0.39 is 0 Å². The van der Waals surface area contributed by atoms with Crippen molar-refractivity contribution in [2.24, 2.45) is 0 Å². The molecule has 3 aromatic rings. The van der Waals surface area contributed by atoms with Gasteiger partial charge in [0.2, 0.25) is 11.8 Å². The molecule has 0 radical (unpaired) electrons. The third kappa shape index (κ3) is 3.22. The number of nitriles is 1. The fraction of sp³-hybridized carbons (Fsp3) is 0.0625. The van der Waals surface area contributed by atoms with Crippen LogP contribution in [0.2, 0.25) is 0 Å². The van der Waals surface area contributed by atoms with Gasteiger partial charge in [-0.25, -0.2) is 4.98 Å². The molecule has 3 rings (SSSR count). The number of nitrogens with zero attached hydrogens (tertiary/aromatic N) is 5. The number of aromatic nitrogens is 4. The minimum atomic E-state index is 0.0145. The van der Waals surface area contributed by atoms with E-state index in [9.17, 15) is 5.26 Å². The van der Waals surface area contributed by atoms with E-state index in [2.05, 4.69) is 26.0 Å². The summed E-state index contributed by atoms with van der Waals surface area (Å²) in [6.45, 7) is 0.174. The van der Waals surface area contributed by atoms with Crippen LogP contribution in [0.15, 0.2) is 48.8 Å². The lowest BCUT2D eigenvalue weighted by atomic mass is 10.1. The second kappa shape index (κ2) is 6.49. The van der Waals surface area contributed by atoms with E-state index in [0.29, 0.717) is 17.1 Å². The van der Waals surface area contributed by atoms with Gasteiger partial charge in [0, 0.05) is 12.4 Å². The monoisotopic (exact) mass is 304 g/mol. The molecule has 0 unspecified atom stereocenters. The number of anilines is 1. The van der Waals surface area contributed by atoms with Gasteiger partial charge in [0.1, 0.15) is 23.9 Å². The Morgan fingerprint density at radius 1 is 1.04 bits per heavy atom. The molecular formula is C16H12N6O. The summed E-state index contributed by atoms with van der Waals surface area (Å²) < 4.78 is 5.61. The molecule has 0 amide bonds. The lowest BCUT2D eigenvalue weighted by Gasteiger charge is -2.10. The highest BCUT2D eigenvalue weighted by Gasteiger charge is 2.17. The molecule has 0 bridgehead atoms. The van der Waals surface area contributed by atoms with E-state index in [0.717, 1.165) is 0 Å². The lowest BCUT2D eigenvalue weighted by Crippen LogP contribution is -2.07. The SMILES string of the molecule is N#Cc1c(OCc2ccccn2)nc(N)nc1-c1ccccn1. The van der Waals surface area contributed by atoms with Crippen LogP contribution in [-0.4, -0.2) is 19.9 Å². The number of hydrogen-bond donors (Lipinski definition) is 1. The van der Waals surface area contributed by atoms with Gasteiger partial charge in [-0.2, -0.15) is 10.2 Å². The molecule has 0 aliphatic carbocycles. The fourth-order valence-corrected chi connectivity index (χ4v) is 1.98. The van der Waals surface area contributed by atoms with Gasteiger partial charge in [0.25, 0.3) is 0 Å². The maximum Gasteiger partial charge on any atom is 0.237 e. The predicted molar refractivity (Wildman–Crippen MR) is 83.0 cm³/mol. The topological polar surface area (TPSA) is 111 Å². The molecule has 23 heavy (non-hydrogen) atoms. The lowest BCUT2D eigenvalue weighted by molar-refractivity contribution is 0.288. The van der Waals surface area contributed by atoms with Crippen molar-refractivity contribution in [3.05, 3.63) is 60.0 Å². The Labute approximate surface area is 132 Å². The Kier molecular flexibility index (Phi) is 4.07. The molecule has 0 fully saturated rings. The van der Waals surface area contributed by atoms with Gasteiger partial charge in [-0.05, 0) is 24.3 Å². The third-order valence-corrected chi connectivity index (χ3v) is 3.00. The largest absolute Gasteiger partial charge is 0.470 e. The molecule has 0 spiro atoms. The predicted octanol–water partition coefficient (Wildman–Crippen LogP) is 1.97. The zero-order valence-electron chi connectivity index (χ0n) is 12.0. The van der Waals surface area contributed by atoms with Crippen molar-refractivity contribution >= 4 is 5.95 Å². The number of rotatable bonds is 4. The van der Waals surface area contributed by atoms with E-state index in [1.54, 1.807) is 30.6 Å². The molecule has 2 N–H and O–H groups in total. The van der Waals surface area contributed by atoms with E-state index in [1.165, 1.54) is 0 Å². The first kappa shape index (κ1) is 14.4. The normalized spacial score (nSPS) is 10.0. The molecule has 112 valence electrons. The summed E-state index contributed by atoms with van der Waals surface area (Å²) in [6, 6.07) is 12.9. The molecule has 0 saturated carbocycles. The first-order valence-electron chi connectivity index (χ1n) is 6.79. The summed E-state index contributed by atoms with van der Waals surface area (Å²) in [4.78, 5) is 16.5. The molecule has 0 aliphatic heterocycles. The smallest absolute Gasteiger partial charge is 0.237 e. The van der Waals surface area contributed by atoms with E-state index >= 15 is 0 Å². The summed E-state index contributed by atoms with van der Waals surface area (Å²) in [6.07, 6.45) is 3.28. The second-order valence-electron chi connectivity index (χ2n) is 4.55. The molecule has 0 atom stereocenters. The van der Waals surface area contributed by atoms with Crippen molar-refractivity contribution in [1.29, 1.82) is 5.26 Å². The van der Waals surface area contributed by atoms with Crippen LogP contribution < -0.4 is 10.5 Å². The standard InChI is InChI=1S/C16H12N6O/c17-9-12-14(13-6-2-4-8-20-13)21-16(18)22-15(12)23-10-11-5-1-3-7-19-11/h1-8H,10H2,(H2,18,21,22). The van der Waals surface area contributed by atoms with Crippen LogP contribution in [0, 0.1) is 11.3 Å². The van der Waals surface area contributed by atoms with Crippen LogP contribution >= 0.6 is 0 Å². The van der Waals surface area contributed by atoms with E-state index in [4.69, 9.17) is 10.5 Å². The van der Waals surface area contributed by atoms with Gasteiger partial charge in [-0.1, -0.05) is 12.1 Å². The summed E-state index contributed by atoms with van der Waals surface area (Å²) in [5, 5.41) is 9.45. The van der Waals surface area contributed by atoms with Crippen molar-refractivity contribution in [1.82, 2.24) is 19.9 Å². The average Bonchev–Trinajstić information content (AvgIpc) is 2.61. The highest BCUT2D eigenvalue weighted by molar-refractivity contribution is 5.67. The average molecular weight is 304 g/mol. The highest BCUT2D eigenvalue weighted by atomic mass is 16.5. The van der Waals surface area contributed by atoms with Crippen molar-refractivity contribution in [3.63, 3.8) is 0 Å². The van der Waals surface area contributed by atoms with Gasteiger partial charge in [0.15, 0.2) is 0 Å². The zero-order chi connectivity index (χ0) is 16.1. The second-order valence-corrected chi connectivity index (χ2v) is 4.55. The molecule has 0 aliphatic rings. The maximum atomic E-state index is 9.45. The zero-order valence-corrected chi connectivity index (χ0v) is 12.0. The molecule has 7 nitrogen and oxygen atoms in total. The minimum Gasteiger partial charge on any atom is -0.470 e.